The van der Waals surface area contributed by atoms with E-state index in [4.69, 9.17) is 4.74 Å². The van der Waals surface area contributed by atoms with Gasteiger partial charge in [0.05, 0.1) is 27.5 Å². The van der Waals surface area contributed by atoms with E-state index in [2.05, 4.69) is 0 Å². The molecular weight excluding hydrogens is 316 g/mol. The summed E-state index contributed by atoms with van der Waals surface area (Å²) >= 11 is 0. The van der Waals surface area contributed by atoms with E-state index in [9.17, 15) is 25.0 Å². The second kappa shape index (κ2) is 7.32. The van der Waals surface area contributed by atoms with Gasteiger partial charge in [-0.25, -0.2) is 0 Å². The fraction of sp³-hybridized carbons (Fsp3) is 0.188. The molecule has 2 aromatic rings. The second-order valence-corrected chi connectivity index (χ2v) is 5.06. The number of ether oxygens (including phenoxy) is 1. The summed E-state index contributed by atoms with van der Waals surface area (Å²) in [5.41, 5.74) is 0.0445. The van der Waals surface area contributed by atoms with E-state index in [1.54, 1.807) is 0 Å². The molecule has 0 saturated heterocycles. The number of aryl methyl sites for hydroxylation is 1. The number of hydrogen-bond donors (Lipinski definition) is 0. The SMILES string of the molecule is Cc1c(OC(=O)CCc2ccccc2)cc([N+](=O)[O-])cc1[N+](=O)[O-]. The van der Waals surface area contributed by atoms with Crippen molar-refractivity contribution >= 4 is 17.3 Å². The third kappa shape index (κ3) is 4.13. The van der Waals surface area contributed by atoms with E-state index in [1.807, 2.05) is 30.3 Å². The third-order valence-corrected chi connectivity index (χ3v) is 3.41. The number of carbonyl (C=O) groups excluding carboxylic acids is 1. The van der Waals surface area contributed by atoms with Crippen LogP contribution in [0.3, 0.4) is 0 Å². The van der Waals surface area contributed by atoms with Crippen molar-refractivity contribution in [1.29, 1.82) is 0 Å². The van der Waals surface area contributed by atoms with Crippen molar-refractivity contribution < 1.29 is 19.4 Å². The molecule has 0 spiro atoms. The van der Waals surface area contributed by atoms with E-state index >= 15 is 0 Å². The Morgan fingerprint density at radius 2 is 1.75 bits per heavy atom. The second-order valence-electron chi connectivity index (χ2n) is 5.06. The number of nitrogens with zero attached hydrogens (tertiary/aromatic N) is 2. The molecule has 0 saturated carbocycles. The molecule has 8 nitrogen and oxygen atoms in total. The maximum Gasteiger partial charge on any atom is 0.311 e. The number of non-ortho nitro benzene ring substituents is 1. The van der Waals surface area contributed by atoms with Crippen LogP contribution >= 0.6 is 0 Å². The number of carbonyl (C=O) groups is 1. The number of hydrogen-bond acceptors (Lipinski definition) is 6. The minimum absolute atomic E-state index is 0.0555. The van der Waals surface area contributed by atoms with Crippen LogP contribution in [0.15, 0.2) is 42.5 Å². The predicted octanol–water partition coefficient (Wildman–Crippen LogP) is 3.35. The highest BCUT2D eigenvalue weighted by Crippen LogP contribution is 2.33. The summed E-state index contributed by atoms with van der Waals surface area (Å²) in [6.45, 7) is 1.38. The Morgan fingerprint density at radius 1 is 1.08 bits per heavy atom. The largest absolute Gasteiger partial charge is 0.426 e. The van der Waals surface area contributed by atoms with Crippen LogP contribution in [0.2, 0.25) is 0 Å². The molecule has 0 aliphatic rings. The van der Waals surface area contributed by atoms with Crippen molar-refractivity contribution in [2.75, 3.05) is 0 Å². The van der Waals surface area contributed by atoms with Gasteiger partial charge in [0.1, 0.15) is 5.75 Å². The molecule has 0 radical (unpaired) electrons. The lowest BCUT2D eigenvalue weighted by atomic mass is 10.1. The van der Waals surface area contributed by atoms with Gasteiger partial charge in [-0.2, -0.15) is 0 Å². The average Bonchev–Trinajstić information content (AvgIpc) is 2.55. The minimum atomic E-state index is -0.770. The number of benzene rings is 2. The quantitative estimate of drug-likeness (QED) is 0.347. The van der Waals surface area contributed by atoms with Gasteiger partial charge < -0.3 is 4.74 Å². The van der Waals surface area contributed by atoms with Gasteiger partial charge >= 0.3 is 5.97 Å². The molecule has 24 heavy (non-hydrogen) atoms. The summed E-state index contributed by atoms with van der Waals surface area (Å²) < 4.78 is 5.10. The topological polar surface area (TPSA) is 113 Å². The fourth-order valence-corrected chi connectivity index (χ4v) is 2.12. The zero-order valence-electron chi connectivity index (χ0n) is 12.8. The molecule has 8 heteroatoms. The van der Waals surface area contributed by atoms with Crippen LogP contribution in [0, 0.1) is 27.2 Å². The number of esters is 1. The lowest BCUT2D eigenvalue weighted by Gasteiger charge is -2.08. The molecule has 0 fully saturated rings. The summed E-state index contributed by atoms with van der Waals surface area (Å²) in [6, 6.07) is 11.1. The van der Waals surface area contributed by atoms with Crippen LogP contribution in [0.5, 0.6) is 5.75 Å². The van der Waals surface area contributed by atoms with E-state index in [0.29, 0.717) is 6.42 Å². The lowest BCUT2D eigenvalue weighted by Crippen LogP contribution is -2.11. The smallest absolute Gasteiger partial charge is 0.311 e. The molecule has 0 bridgehead atoms. The molecule has 2 aromatic carbocycles. The van der Waals surface area contributed by atoms with Crippen LogP contribution in [0.4, 0.5) is 11.4 Å². The first-order valence-corrected chi connectivity index (χ1v) is 7.06. The maximum absolute atomic E-state index is 11.9. The molecule has 0 aliphatic carbocycles. The maximum atomic E-state index is 11.9. The highest BCUT2D eigenvalue weighted by molar-refractivity contribution is 5.74. The molecule has 0 atom stereocenters. The monoisotopic (exact) mass is 330 g/mol. The van der Waals surface area contributed by atoms with Crippen LogP contribution in [0.1, 0.15) is 17.5 Å². The van der Waals surface area contributed by atoms with E-state index in [0.717, 1.165) is 17.7 Å². The molecule has 124 valence electrons. The first-order valence-electron chi connectivity index (χ1n) is 7.06. The molecule has 0 unspecified atom stereocenters. The van der Waals surface area contributed by atoms with Gasteiger partial charge in [0.2, 0.25) is 0 Å². The van der Waals surface area contributed by atoms with Gasteiger partial charge in [0.25, 0.3) is 11.4 Å². The predicted molar refractivity (Wildman–Crippen MR) is 84.9 cm³/mol. The van der Waals surface area contributed by atoms with Crippen molar-refractivity contribution in [2.24, 2.45) is 0 Å². The molecule has 0 N–H and O–H groups in total. The lowest BCUT2D eigenvalue weighted by molar-refractivity contribution is -0.394. The summed E-state index contributed by atoms with van der Waals surface area (Å²) in [5.74, 6) is -0.786. The van der Waals surface area contributed by atoms with Gasteiger partial charge in [-0.15, -0.1) is 0 Å². The van der Waals surface area contributed by atoms with Gasteiger partial charge in [0, 0.05) is 6.42 Å². The van der Waals surface area contributed by atoms with Crippen molar-refractivity contribution in [2.45, 2.75) is 19.8 Å². The van der Waals surface area contributed by atoms with Crippen molar-refractivity contribution in [3.8, 4) is 5.75 Å². The first kappa shape index (κ1) is 17.1. The first-order chi connectivity index (χ1) is 11.4. The van der Waals surface area contributed by atoms with E-state index in [1.165, 1.54) is 6.92 Å². The molecular formula is C16H14N2O6. The van der Waals surface area contributed by atoms with Crippen LogP contribution in [-0.4, -0.2) is 15.8 Å². The number of rotatable bonds is 6. The van der Waals surface area contributed by atoms with Gasteiger partial charge in [-0.3, -0.25) is 25.0 Å². The van der Waals surface area contributed by atoms with E-state index in [-0.39, 0.29) is 17.7 Å². The van der Waals surface area contributed by atoms with Crippen LogP contribution in [-0.2, 0) is 11.2 Å². The highest BCUT2D eigenvalue weighted by atomic mass is 16.6. The zero-order valence-corrected chi connectivity index (χ0v) is 12.8. The van der Waals surface area contributed by atoms with Crippen molar-refractivity contribution in [1.82, 2.24) is 0 Å². The fourth-order valence-electron chi connectivity index (χ4n) is 2.12. The summed E-state index contributed by atoms with van der Waals surface area (Å²) in [7, 11) is 0. The third-order valence-electron chi connectivity index (χ3n) is 3.41. The normalized spacial score (nSPS) is 10.2. The molecule has 0 amide bonds. The minimum Gasteiger partial charge on any atom is -0.426 e. The van der Waals surface area contributed by atoms with Crippen molar-refractivity contribution in [3.63, 3.8) is 0 Å². The Kier molecular flexibility index (Phi) is 5.20. The van der Waals surface area contributed by atoms with Crippen LogP contribution in [0.25, 0.3) is 0 Å². The number of nitro groups is 2. The van der Waals surface area contributed by atoms with Crippen molar-refractivity contribution in [3.05, 3.63) is 73.8 Å². The number of nitro benzene ring substituents is 2. The summed E-state index contributed by atoms with van der Waals surface area (Å²) in [6.07, 6.45) is 0.496. The Balaban J connectivity index is 2.17. The molecule has 2 rings (SSSR count). The van der Waals surface area contributed by atoms with Crippen LogP contribution < -0.4 is 4.74 Å². The zero-order chi connectivity index (χ0) is 17.7. The Hall–Kier alpha value is -3.29. The summed E-state index contributed by atoms with van der Waals surface area (Å²) in [5, 5.41) is 21.9. The standard InChI is InChI=1S/C16H14N2O6/c1-11-14(18(22)23)9-13(17(20)21)10-15(11)24-16(19)8-7-12-5-3-2-4-6-12/h2-6,9-10H,7-8H2,1H3. The molecule has 0 aromatic heterocycles. The molecule has 0 aliphatic heterocycles. The average molecular weight is 330 g/mol. The Labute approximate surface area is 137 Å². The highest BCUT2D eigenvalue weighted by Gasteiger charge is 2.23. The summed E-state index contributed by atoms with van der Waals surface area (Å²) in [4.78, 5) is 32.3. The molecule has 0 heterocycles. The Morgan fingerprint density at radius 3 is 2.33 bits per heavy atom. The van der Waals surface area contributed by atoms with Gasteiger partial charge in [-0.1, -0.05) is 30.3 Å². The van der Waals surface area contributed by atoms with Gasteiger partial charge in [-0.05, 0) is 18.9 Å². The van der Waals surface area contributed by atoms with Gasteiger partial charge in [0.15, 0.2) is 0 Å². The van der Waals surface area contributed by atoms with E-state index < -0.39 is 27.2 Å². The Bertz CT molecular complexity index is 789.